The van der Waals surface area contributed by atoms with Crippen LogP contribution in [0, 0.1) is 5.82 Å². The largest absolute Gasteiger partial charge is 0.436 e. The molecule has 144 valence electrons. The Bertz CT molecular complexity index is 1190. The molecule has 4 nitrogen and oxygen atoms in total. The summed E-state index contributed by atoms with van der Waals surface area (Å²) in [7, 11) is 0. The maximum Gasteiger partial charge on any atom is 0.256 e. The molecule has 3 aromatic carbocycles. The van der Waals surface area contributed by atoms with Gasteiger partial charge < -0.3 is 9.73 Å². The molecule has 0 atom stereocenters. The van der Waals surface area contributed by atoms with Gasteiger partial charge in [0.2, 0.25) is 5.89 Å². The number of nitrogens with zero attached hydrogens (tertiary/aromatic N) is 1. The Morgan fingerprint density at radius 1 is 1.00 bits per heavy atom. The smallest absolute Gasteiger partial charge is 0.256 e. The average molecular weight is 427 g/mol. The average Bonchev–Trinajstić information content (AvgIpc) is 3.20. The summed E-state index contributed by atoms with van der Waals surface area (Å²) in [6.45, 7) is 0. The molecule has 4 rings (SSSR count). The molecule has 0 bridgehead atoms. The van der Waals surface area contributed by atoms with E-state index in [4.69, 9.17) is 27.6 Å². The second-order valence-electron chi connectivity index (χ2n) is 6.16. The molecule has 0 spiro atoms. The first-order valence-corrected chi connectivity index (χ1v) is 9.34. The lowest BCUT2D eigenvalue weighted by molar-refractivity contribution is 0.102. The molecule has 0 aliphatic heterocycles. The number of anilines is 1. The predicted octanol–water partition coefficient (Wildman–Crippen LogP) is 6.71. The van der Waals surface area contributed by atoms with Crippen LogP contribution < -0.4 is 5.32 Å². The Balaban J connectivity index is 1.65. The number of hydrogen-bond acceptors (Lipinski definition) is 3. The summed E-state index contributed by atoms with van der Waals surface area (Å²) in [6.07, 6.45) is 1.54. The van der Waals surface area contributed by atoms with Gasteiger partial charge in [-0.2, -0.15) is 0 Å². The molecule has 0 unspecified atom stereocenters. The fourth-order valence-electron chi connectivity index (χ4n) is 2.79. The van der Waals surface area contributed by atoms with Gasteiger partial charge in [-0.25, -0.2) is 9.37 Å². The van der Waals surface area contributed by atoms with Crippen LogP contribution in [0.4, 0.5) is 10.1 Å². The molecular formula is C22H13Cl2FN2O2. The van der Waals surface area contributed by atoms with E-state index >= 15 is 0 Å². The number of aromatic nitrogens is 1. The Morgan fingerprint density at radius 3 is 2.52 bits per heavy atom. The lowest BCUT2D eigenvalue weighted by Crippen LogP contribution is -2.13. The zero-order chi connectivity index (χ0) is 20.4. The molecule has 1 N–H and O–H groups in total. The Kier molecular flexibility index (Phi) is 5.34. The molecule has 0 saturated heterocycles. The summed E-state index contributed by atoms with van der Waals surface area (Å²) in [4.78, 5) is 17.1. The molecule has 0 fully saturated rings. The van der Waals surface area contributed by atoms with Crippen LogP contribution in [0.15, 0.2) is 77.3 Å². The van der Waals surface area contributed by atoms with E-state index < -0.39 is 0 Å². The van der Waals surface area contributed by atoms with Crippen molar-refractivity contribution in [1.29, 1.82) is 0 Å². The van der Waals surface area contributed by atoms with Crippen LogP contribution in [0.25, 0.3) is 22.8 Å². The van der Waals surface area contributed by atoms with E-state index in [-0.39, 0.29) is 17.6 Å². The number of oxazole rings is 1. The van der Waals surface area contributed by atoms with Crippen molar-refractivity contribution in [3.63, 3.8) is 0 Å². The molecule has 4 aromatic rings. The minimum atomic E-state index is -0.369. The number of hydrogen-bond donors (Lipinski definition) is 1. The first-order valence-electron chi connectivity index (χ1n) is 8.59. The van der Waals surface area contributed by atoms with Gasteiger partial charge in [-0.15, -0.1) is 0 Å². The second kappa shape index (κ2) is 8.07. The van der Waals surface area contributed by atoms with E-state index in [0.717, 1.165) is 0 Å². The highest BCUT2D eigenvalue weighted by Gasteiger charge is 2.18. The van der Waals surface area contributed by atoms with Crippen molar-refractivity contribution in [3.8, 4) is 22.8 Å². The third-order valence-electron chi connectivity index (χ3n) is 4.22. The van der Waals surface area contributed by atoms with Crippen LogP contribution in [-0.2, 0) is 0 Å². The van der Waals surface area contributed by atoms with Crippen molar-refractivity contribution in [2.45, 2.75) is 0 Å². The highest BCUT2D eigenvalue weighted by Crippen LogP contribution is 2.30. The number of rotatable bonds is 4. The summed E-state index contributed by atoms with van der Waals surface area (Å²) in [5.74, 6) is 0.0379. The first-order chi connectivity index (χ1) is 14.0. The van der Waals surface area contributed by atoms with Crippen molar-refractivity contribution >= 4 is 34.8 Å². The molecule has 1 amide bonds. The molecule has 0 radical (unpaired) electrons. The van der Waals surface area contributed by atoms with Crippen LogP contribution in [0.1, 0.15) is 10.4 Å². The van der Waals surface area contributed by atoms with Gasteiger partial charge in [0.1, 0.15) is 5.82 Å². The fourth-order valence-corrected chi connectivity index (χ4v) is 3.25. The van der Waals surface area contributed by atoms with Gasteiger partial charge in [-0.1, -0.05) is 35.3 Å². The van der Waals surface area contributed by atoms with Gasteiger partial charge in [0, 0.05) is 16.1 Å². The van der Waals surface area contributed by atoms with E-state index in [1.54, 1.807) is 54.6 Å². The molecular weight excluding hydrogens is 414 g/mol. The SMILES string of the molecule is O=C(Nc1ccc(Cl)cc1Cl)c1ccccc1-c1ncc(-c2ccc(F)cc2)o1. The third kappa shape index (κ3) is 4.16. The van der Waals surface area contributed by atoms with Crippen molar-refractivity contribution in [3.05, 3.63) is 94.4 Å². The van der Waals surface area contributed by atoms with Gasteiger partial charge in [0.15, 0.2) is 5.76 Å². The van der Waals surface area contributed by atoms with E-state index in [2.05, 4.69) is 10.3 Å². The van der Waals surface area contributed by atoms with E-state index in [0.29, 0.717) is 38.2 Å². The van der Waals surface area contributed by atoms with Gasteiger partial charge in [0.25, 0.3) is 5.91 Å². The lowest BCUT2D eigenvalue weighted by atomic mass is 10.1. The predicted molar refractivity (Wildman–Crippen MR) is 112 cm³/mol. The molecule has 0 aliphatic rings. The van der Waals surface area contributed by atoms with Crippen LogP contribution in [0.3, 0.4) is 0 Å². The van der Waals surface area contributed by atoms with Crippen LogP contribution >= 0.6 is 23.2 Å². The molecule has 0 saturated carbocycles. The summed E-state index contributed by atoms with van der Waals surface area (Å²) in [5, 5.41) is 3.57. The normalized spacial score (nSPS) is 10.7. The van der Waals surface area contributed by atoms with Crippen LogP contribution in [0.2, 0.25) is 10.0 Å². The van der Waals surface area contributed by atoms with Crippen LogP contribution in [0.5, 0.6) is 0 Å². The molecule has 7 heteroatoms. The standard InChI is InChI=1S/C22H13Cl2FN2O2/c23-14-7-10-19(18(24)11-14)27-21(28)16-3-1-2-4-17(16)22-26-12-20(29-22)13-5-8-15(25)9-6-13/h1-12H,(H,27,28). The maximum absolute atomic E-state index is 13.1. The highest BCUT2D eigenvalue weighted by molar-refractivity contribution is 6.36. The van der Waals surface area contributed by atoms with Gasteiger partial charge >= 0.3 is 0 Å². The van der Waals surface area contributed by atoms with Gasteiger partial charge in [0.05, 0.1) is 22.5 Å². The number of amides is 1. The van der Waals surface area contributed by atoms with E-state index in [1.165, 1.54) is 18.3 Å². The summed E-state index contributed by atoms with van der Waals surface area (Å²) >= 11 is 12.0. The Morgan fingerprint density at radius 2 is 1.76 bits per heavy atom. The minimum absolute atomic E-state index is 0.275. The Hall–Kier alpha value is -3.15. The number of nitrogens with one attached hydrogen (secondary N) is 1. The minimum Gasteiger partial charge on any atom is -0.436 e. The van der Waals surface area contributed by atoms with E-state index in [9.17, 15) is 9.18 Å². The van der Waals surface area contributed by atoms with Crippen molar-refractivity contribution < 1.29 is 13.6 Å². The van der Waals surface area contributed by atoms with Crippen molar-refractivity contribution in [1.82, 2.24) is 4.98 Å². The first kappa shape index (κ1) is 19.2. The second-order valence-corrected chi connectivity index (χ2v) is 7.00. The zero-order valence-corrected chi connectivity index (χ0v) is 16.3. The Labute approximate surface area is 175 Å². The number of benzene rings is 3. The monoisotopic (exact) mass is 426 g/mol. The van der Waals surface area contributed by atoms with Crippen molar-refractivity contribution in [2.75, 3.05) is 5.32 Å². The maximum atomic E-state index is 13.1. The van der Waals surface area contributed by atoms with Gasteiger partial charge in [-0.05, 0) is 54.6 Å². The highest BCUT2D eigenvalue weighted by atomic mass is 35.5. The van der Waals surface area contributed by atoms with E-state index in [1.807, 2.05) is 0 Å². The number of halogens is 3. The summed E-state index contributed by atoms with van der Waals surface area (Å²) in [6, 6.07) is 17.6. The molecule has 1 aromatic heterocycles. The fraction of sp³-hybridized carbons (Fsp3) is 0. The number of carbonyl (C=O) groups is 1. The van der Waals surface area contributed by atoms with Crippen molar-refractivity contribution in [2.24, 2.45) is 0 Å². The third-order valence-corrected chi connectivity index (χ3v) is 4.76. The summed E-state index contributed by atoms with van der Waals surface area (Å²) in [5.41, 5.74) is 2.00. The lowest BCUT2D eigenvalue weighted by Gasteiger charge is -2.10. The quantitative estimate of drug-likeness (QED) is 0.394. The molecule has 0 aliphatic carbocycles. The van der Waals surface area contributed by atoms with Crippen LogP contribution in [-0.4, -0.2) is 10.9 Å². The molecule has 1 heterocycles. The topological polar surface area (TPSA) is 55.1 Å². The zero-order valence-electron chi connectivity index (χ0n) is 14.8. The number of carbonyl (C=O) groups excluding carboxylic acids is 1. The summed E-state index contributed by atoms with van der Waals surface area (Å²) < 4.78 is 19.0. The van der Waals surface area contributed by atoms with Gasteiger partial charge in [-0.3, -0.25) is 4.79 Å². The molecule has 29 heavy (non-hydrogen) atoms.